The molecule has 0 aliphatic carbocycles. The van der Waals surface area contributed by atoms with E-state index >= 15 is 0 Å². The first-order valence-electron chi connectivity index (χ1n) is 8.39. The zero-order valence-electron chi connectivity index (χ0n) is 15.0. The number of nitrogens with one attached hydrogen (secondary N) is 2. The van der Waals surface area contributed by atoms with Gasteiger partial charge in [0.15, 0.2) is 6.61 Å². The molecule has 7 nitrogen and oxygen atoms in total. The second-order valence-corrected chi connectivity index (χ2v) is 7.87. The third kappa shape index (κ3) is 6.36. The minimum absolute atomic E-state index is 0.0783. The Morgan fingerprint density at radius 1 is 1.04 bits per heavy atom. The van der Waals surface area contributed by atoms with E-state index in [9.17, 15) is 9.59 Å². The fraction of sp³-hybridized carbons (Fsp3) is 0.158. The highest BCUT2D eigenvalue weighted by molar-refractivity contribution is 8.00. The molecule has 1 heterocycles. The number of benzene rings is 2. The molecule has 2 amide bonds. The molecule has 9 heteroatoms. The van der Waals surface area contributed by atoms with Gasteiger partial charge in [-0.1, -0.05) is 35.6 Å². The quantitative estimate of drug-likeness (QED) is 0.547. The van der Waals surface area contributed by atoms with Gasteiger partial charge in [0, 0.05) is 10.6 Å². The summed E-state index contributed by atoms with van der Waals surface area (Å²) in [5.41, 5.74) is 0.645. The van der Waals surface area contributed by atoms with Gasteiger partial charge in [-0.05, 0) is 37.3 Å². The van der Waals surface area contributed by atoms with Gasteiger partial charge in [0.1, 0.15) is 10.8 Å². The van der Waals surface area contributed by atoms with Crippen molar-refractivity contribution in [3.05, 3.63) is 59.6 Å². The van der Waals surface area contributed by atoms with Gasteiger partial charge in [0.25, 0.3) is 5.91 Å². The van der Waals surface area contributed by atoms with Gasteiger partial charge in [-0.15, -0.1) is 22.0 Å². The lowest BCUT2D eigenvalue weighted by molar-refractivity contribution is -0.118. The number of anilines is 2. The molecule has 2 N–H and O–H groups in total. The minimum atomic E-state index is -0.254. The topological polar surface area (TPSA) is 93.2 Å². The summed E-state index contributed by atoms with van der Waals surface area (Å²) in [5.74, 6) is 0.452. The molecule has 0 fully saturated rings. The van der Waals surface area contributed by atoms with Crippen LogP contribution in [0.25, 0.3) is 0 Å². The van der Waals surface area contributed by atoms with E-state index in [4.69, 9.17) is 4.74 Å². The summed E-state index contributed by atoms with van der Waals surface area (Å²) in [7, 11) is 0. The standard InChI is InChI=1S/C19H18N4O3S2/c1-13-22-23-19(28-13)21-18(25)12-27-16-9-5-6-14(10-16)20-17(24)11-26-15-7-3-2-4-8-15/h2-10H,11-12H2,1H3,(H,20,24)(H,21,23,25). The number of carbonyl (C=O) groups excluding carboxylic acids is 2. The molecule has 28 heavy (non-hydrogen) atoms. The van der Waals surface area contributed by atoms with Crippen LogP contribution >= 0.6 is 23.1 Å². The molecule has 0 aliphatic heterocycles. The van der Waals surface area contributed by atoms with Crippen LogP contribution in [0.5, 0.6) is 5.75 Å². The maximum absolute atomic E-state index is 12.0. The smallest absolute Gasteiger partial charge is 0.262 e. The molecule has 0 radical (unpaired) electrons. The number of nitrogens with zero attached hydrogens (tertiary/aromatic N) is 2. The van der Waals surface area contributed by atoms with Crippen molar-refractivity contribution in [2.45, 2.75) is 11.8 Å². The van der Waals surface area contributed by atoms with E-state index in [0.717, 1.165) is 9.90 Å². The summed E-state index contributed by atoms with van der Waals surface area (Å²) in [6.45, 7) is 1.75. The molecule has 3 aromatic rings. The zero-order valence-corrected chi connectivity index (χ0v) is 16.7. The van der Waals surface area contributed by atoms with E-state index in [2.05, 4.69) is 20.8 Å². The number of para-hydroxylation sites is 1. The summed E-state index contributed by atoms with van der Waals surface area (Å²) in [6.07, 6.45) is 0. The Morgan fingerprint density at radius 2 is 1.86 bits per heavy atom. The number of hydrogen-bond acceptors (Lipinski definition) is 7. The number of rotatable bonds is 8. The number of aromatic nitrogens is 2. The van der Waals surface area contributed by atoms with Crippen LogP contribution in [0.2, 0.25) is 0 Å². The SMILES string of the molecule is Cc1nnc(NC(=O)CSc2cccc(NC(=O)COc3ccccc3)c2)s1. The van der Waals surface area contributed by atoms with Crippen molar-refractivity contribution in [2.75, 3.05) is 23.0 Å². The van der Waals surface area contributed by atoms with Gasteiger partial charge >= 0.3 is 0 Å². The van der Waals surface area contributed by atoms with Gasteiger partial charge in [-0.25, -0.2) is 0 Å². The van der Waals surface area contributed by atoms with Crippen molar-refractivity contribution >= 4 is 45.7 Å². The van der Waals surface area contributed by atoms with E-state index < -0.39 is 0 Å². The van der Waals surface area contributed by atoms with Gasteiger partial charge in [0.2, 0.25) is 11.0 Å². The van der Waals surface area contributed by atoms with Crippen molar-refractivity contribution in [3.63, 3.8) is 0 Å². The van der Waals surface area contributed by atoms with Crippen molar-refractivity contribution in [1.29, 1.82) is 0 Å². The summed E-state index contributed by atoms with van der Waals surface area (Å²) >= 11 is 2.70. The molecule has 0 bridgehead atoms. The second-order valence-electron chi connectivity index (χ2n) is 5.64. The molecule has 144 valence electrons. The lowest BCUT2D eigenvalue weighted by atomic mass is 10.3. The van der Waals surface area contributed by atoms with Gasteiger partial charge < -0.3 is 10.1 Å². The van der Waals surface area contributed by atoms with E-state index in [1.165, 1.54) is 23.1 Å². The highest BCUT2D eigenvalue weighted by Gasteiger charge is 2.08. The van der Waals surface area contributed by atoms with Crippen LogP contribution in [-0.2, 0) is 9.59 Å². The first-order chi connectivity index (χ1) is 13.6. The number of aryl methyl sites for hydroxylation is 1. The third-order valence-electron chi connectivity index (χ3n) is 3.37. The van der Waals surface area contributed by atoms with Crippen LogP contribution in [-0.4, -0.2) is 34.4 Å². The predicted octanol–water partition coefficient (Wildman–Crippen LogP) is 3.59. The second kappa shape index (κ2) is 9.86. The highest BCUT2D eigenvalue weighted by Crippen LogP contribution is 2.22. The molecule has 0 atom stereocenters. The average molecular weight is 415 g/mol. The van der Waals surface area contributed by atoms with Crippen molar-refractivity contribution in [3.8, 4) is 5.75 Å². The van der Waals surface area contributed by atoms with E-state index in [0.29, 0.717) is 16.6 Å². The summed E-state index contributed by atoms with van der Waals surface area (Å²) in [4.78, 5) is 24.9. The van der Waals surface area contributed by atoms with Crippen LogP contribution in [0.4, 0.5) is 10.8 Å². The summed E-state index contributed by atoms with van der Waals surface area (Å²) in [5, 5.41) is 14.5. The van der Waals surface area contributed by atoms with Crippen LogP contribution < -0.4 is 15.4 Å². The Balaban J connectivity index is 1.46. The normalized spacial score (nSPS) is 10.3. The number of ether oxygens (including phenoxy) is 1. The van der Waals surface area contributed by atoms with E-state index in [1.54, 1.807) is 18.2 Å². The Morgan fingerprint density at radius 3 is 2.61 bits per heavy atom. The van der Waals surface area contributed by atoms with Gasteiger partial charge in [-0.2, -0.15) is 0 Å². The predicted molar refractivity (Wildman–Crippen MR) is 111 cm³/mol. The molecule has 0 saturated carbocycles. The number of carbonyl (C=O) groups is 2. The Labute approximate surface area is 170 Å². The lowest BCUT2D eigenvalue weighted by Crippen LogP contribution is -2.20. The van der Waals surface area contributed by atoms with Crippen LogP contribution in [0, 0.1) is 6.92 Å². The largest absolute Gasteiger partial charge is 0.484 e. The van der Waals surface area contributed by atoms with Crippen LogP contribution in [0.3, 0.4) is 0 Å². The lowest BCUT2D eigenvalue weighted by Gasteiger charge is -2.09. The minimum Gasteiger partial charge on any atom is -0.484 e. The molecule has 0 aliphatic rings. The Bertz CT molecular complexity index is 947. The van der Waals surface area contributed by atoms with Crippen molar-refractivity contribution < 1.29 is 14.3 Å². The maximum Gasteiger partial charge on any atom is 0.262 e. The molecule has 0 spiro atoms. The third-order valence-corrected chi connectivity index (χ3v) is 5.12. The monoisotopic (exact) mass is 414 g/mol. The summed E-state index contributed by atoms with van der Waals surface area (Å²) < 4.78 is 5.43. The molecular formula is C19H18N4O3S2. The molecular weight excluding hydrogens is 396 g/mol. The Kier molecular flexibility index (Phi) is 6.99. The fourth-order valence-electron chi connectivity index (χ4n) is 2.18. The van der Waals surface area contributed by atoms with Crippen LogP contribution in [0.1, 0.15) is 5.01 Å². The molecule has 2 aromatic carbocycles. The number of thioether (sulfide) groups is 1. The molecule has 0 saturated heterocycles. The van der Waals surface area contributed by atoms with Gasteiger partial charge in [-0.3, -0.25) is 14.9 Å². The zero-order chi connectivity index (χ0) is 19.8. The number of amides is 2. The Hall–Kier alpha value is -2.91. The first kappa shape index (κ1) is 19.8. The maximum atomic E-state index is 12.0. The van der Waals surface area contributed by atoms with Crippen LogP contribution in [0.15, 0.2) is 59.5 Å². The van der Waals surface area contributed by atoms with E-state index in [1.807, 2.05) is 43.3 Å². The first-order valence-corrected chi connectivity index (χ1v) is 10.2. The van der Waals surface area contributed by atoms with Crippen molar-refractivity contribution in [2.24, 2.45) is 0 Å². The van der Waals surface area contributed by atoms with E-state index in [-0.39, 0.29) is 24.2 Å². The summed E-state index contributed by atoms with van der Waals surface area (Å²) in [6, 6.07) is 16.4. The molecule has 3 rings (SSSR count). The highest BCUT2D eigenvalue weighted by atomic mass is 32.2. The van der Waals surface area contributed by atoms with Gasteiger partial charge in [0.05, 0.1) is 5.75 Å². The van der Waals surface area contributed by atoms with Crippen molar-refractivity contribution in [1.82, 2.24) is 10.2 Å². The average Bonchev–Trinajstić information content (AvgIpc) is 3.10. The number of hydrogen-bond donors (Lipinski definition) is 2. The molecule has 1 aromatic heterocycles. The fourth-order valence-corrected chi connectivity index (χ4v) is 3.54. The molecule has 0 unspecified atom stereocenters.